The number of rotatable bonds is 6. The molecule has 1 amide bonds. The van der Waals surface area contributed by atoms with E-state index in [1.165, 1.54) is 10.8 Å². The zero-order valence-corrected chi connectivity index (χ0v) is 20.0. The van der Waals surface area contributed by atoms with Crippen molar-refractivity contribution in [3.8, 4) is 6.07 Å². The minimum absolute atomic E-state index is 0.0223. The van der Waals surface area contributed by atoms with Crippen LogP contribution in [0.4, 0.5) is 11.4 Å². The zero-order valence-electron chi connectivity index (χ0n) is 19.2. The topological polar surface area (TPSA) is 104 Å². The van der Waals surface area contributed by atoms with Gasteiger partial charge in [0, 0.05) is 36.6 Å². The number of hydrogen-bond acceptors (Lipinski definition) is 7. The number of nitriles is 1. The van der Waals surface area contributed by atoms with Crippen molar-refractivity contribution in [3.05, 3.63) is 43.8 Å². The predicted octanol–water partition coefficient (Wildman–Crippen LogP) is 2.03. The van der Waals surface area contributed by atoms with Gasteiger partial charge in [0.2, 0.25) is 5.91 Å². The Bertz CT molecular complexity index is 1230. The second-order valence-electron chi connectivity index (χ2n) is 7.98. The highest BCUT2D eigenvalue weighted by Gasteiger charge is 2.25. The number of carbonyl (C=O) groups is 2. The van der Waals surface area contributed by atoms with E-state index in [1.54, 1.807) is 31.9 Å². The average molecular weight is 457 g/mol. The second kappa shape index (κ2) is 10.3. The van der Waals surface area contributed by atoms with Gasteiger partial charge in [-0.25, -0.2) is 4.79 Å². The number of anilines is 2. The van der Waals surface area contributed by atoms with E-state index in [1.807, 2.05) is 45.0 Å². The molecule has 0 atom stereocenters. The molecule has 1 N–H and O–H groups in total. The molecule has 170 valence electrons. The Morgan fingerprint density at radius 3 is 2.56 bits per heavy atom. The summed E-state index contributed by atoms with van der Waals surface area (Å²) in [5.74, 6) is -0.775. The van der Waals surface area contributed by atoms with Crippen molar-refractivity contribution in [1.82, 2.24) is 4.57 Å². The molecule has 0 aliphatic heterocycles. The molecule has 0 fully saturated rings. The average Bonchev–Trinajstić information content (AvgIpc) is 3.06. The van der Waals surface area contributed by atoms with Gasteiger partial charge in [-0.05, 0) is 32.0 Å². The van der Waals surface area contributed by atoms with Crippen LogP contribution in [0.5, 0.6) is 0 Å². The van der Waals surface area contributed by atoms with Crippen LogP contribution in [0.1, 0.15) is 34.6 Å². The largest absolute Gasteiger partial charge is 0.462 e. The van der Waals surface area contributed by atoms with Crippen molar-refractivity contribution in [1.29, 1.82) is 5.26 Å². The summed E-state index contributed by atoms with van der Waals surface area (Å²) in [6.45, 7) is 9.43. The molecule has 1 aromatic heterocycles. The Morgan fingerprint density at radius 1 is 1.31 bits per heavy atom. The van der Waals surface area contributed by atoms with Crippen LogP contribution in [-0.4, -0.2) is 30.1 Å². The van der Waals surface area contributed by atoms with Gasteiger partial charge in [-0.15, -0.1) is 11.3 Å². The summed E-state index contributed by atoms with van der Waals surface area (Å²) in [5, 5.41) is 12.5. The molecule has 0 aliphatic rings. The predicted molar refractivity (Wildman–Crippen MR) is 127 cm³/mol. The third-order valence-electron chi connectivity index (χ3n) is 4.58. The highest BCUT2D eigenvalue weighted by molar-refractivity contribution is 7.07. The van der Waals surface area contributed by atoms with Crippen LogP contribution < -0.4 is 25.0 Å². The third kappa shape index (κ3) is 5.45. The van der Waals surface area contributed by atoms with E-state index in [2.05, 4.69) is 5.32 Å². The van der Waals surface area contributed by atoms with Crippen molar-refractivity contribution < 1.29 is 14.3 Å². The van der Waals surface area contributed by atoms with Crippen LogP contribution in [0, 0.1) is 16.7 Å². The molecule has 1 aromatic carbocycles. The quantitative estimate of drug-likeness (QED) is 0.667. The fourth-order valence-corrected chi connectivity index (χ4v) is 4.03. The molecule has 1 heterocycles. The van der Waals surface area contributed by atoms with Crippen molar-refractivity contribution in [2.45, 2.75) is 41.2 Å². The molecule has 8 nitrogen and oxygen atoms in total. The number of ether oxygens (including phenoxy) is 1. The Kier molecular flexibility index (Phi) is 8.00. The van der Waals surface area contributed by atoms with Crippen LogP contribution in [0.25, 0.3) is 11.8 Å². The van der Waals surface area contributed by atoms with E-state index in [0.717, 1.165) is 11.3 Å². The first-order valence-corrected chi connectivity index (χ1v) is 11.0. The summed E-state index contributed by atoms with van der Waals surface area (Å²) in [4.78, 5) is 39.1. The molecule has 0 unspecified atom stereocenters. The molecule has 0 saturated heterocycles. The maximum atomic E-state index is 12.8. The highest BCUT2D eigenvalue weighted by Crippen LogP contribution is 2.24. The number of nitrogens with one attached hydrogen (secondary N) is 1. The smallest absolute Gasteiger partial charge is 0.351 e. The Morgan fingerprint density at radius 2 is 2.00 bits per heavy atom. The zero-order chi connectivity index (χ0) is 24.1. The number of hydrogen-bond donors (Lipinski definition) is 1. The van der Waals surface area contributed by atoms with E-state index >= 15 is 0 Å². The van der Waals surface area contributed by atoms with E-state index in [-0.39, 0.29) is 28.3 Å². The fourth-order valence-electron chi connectivity index (χ4n) is 2.95. The maximum absolute atomic E-state index is 12.8. The first kappa shape index (κ1) is 24.9. The summed E-state index contributed by atoms with van der Waals surface area (Å²) in [6.07, 6.45) is 1.54. The summed E-state index contributed by atoms with van der Waals surface area (Å²) in [5.41, 5.74) is 0.372. The molecule has 9 heteroatoms. The number of benzene rings is 1. The molecular formula is C23H28N4O4S. The summed E-state index contributed by atoms with van der Waals surface area (Å²) < 4.78 is 6.91. The lowest BCUT2D eigenvalue weighted by Crippen LogP contribution is -2.36. The van der Waals surface area contributed by atoms with Gasteiger partial charge in [-0.1, -0.05) is 26.8 Å². The van der Waals surface area contributed by atoms with E-state index < -0.39 is 11.4 Å². The standard InChI is InChI=1S/C23H28N4O4S/c1-7-27-19(28)18(32-20(27)17(13-24)21(29)31-8-2)14-25-15-10-9-11-16(12-15)26(6)22(30)23(3,4)5/h9-12,14,25H,7-8H2,1-6H3. The molecule has 0 saturated carbocycles. The van der Waals surface area contributed by atoms with E-state index in [0.29, 0.717) is 22.5 Å². The van der Waals surface area contributed by atoms with E-state index in [9.17, 15) is 19.6 Å². The Balaban J connectivity index is 2.47. The minimum Gasteiger partial charge on any atom is -0.462 e. The number of aromatic nitrogens is 1. The normalized spacial score (nSPS) is 12.7. The van der Waals surface area contributed by atoms with E-state index in [4.69, 9.17) is 4.74 Å². The molecule has 0 radical (unpaired) electrons. The van der Waals surface area contributed by atoms with Crippen molar-refractivity contribution >= 4 is 46.4 Å². The molecule has 32 heavy (non-hydrogen) atoms. The van der Waals surface area contributed by atoms with Crippen LogP contribution >= 0.6 is 11.3 Å². The summed E-state index contributed by atoms with van der Waals surface area (Å²) in [6, 6.07) is 9.11. The van der Waals surface area contributed by atoms with Crippen molar-refractivity contribution in [2.24, 2.45) is 5.41 Å². The first-order valence-electron chi connectivity index (χ1n) is 10.2. The van der Waals surface area contributed by atoms with Gasteiger partial charge in [0.15, 0.2) is 5.57 Å². The maximum Gasteiger partial charge on any atom is 0.351 e. The molecule has 2 rings (SSSR count). The van der Waals surface area contributed by atoms with Gasteiger partial charge in [0.25, 0.3) is 5.56 Å². The van der Waals surface area contributed by atoms with Crippen molar-refractivity contribution in [2.75, 3.05) is 23.9 Å². The van der Waals surface area contributed by atoms with Gasteiger partial charge in [0.1, 0.15) is 15.3 Å². The summed E-state index contributed by atoms with van der Waals surface area (Å²) >= 11 is 1.04. The lowest BCUT2D eigenvalue weighted by Gasteiger charge is -2.26. The lowest BCUT2D eigenvalue weighted by atomic mass is 9.94. The van der Waals surface area contributed by atoms with Gasteiger partial charge in [-0.2, -0.15) is 5.26 Å². The Hall–Kier alpha value is -3.38. The number of thiazole rings is 1. The summed E-state index contributed by atoms with van der Waals surface area (Å²) in [7, 11) is 1.72. The third-order valence-corrected chi connectivity index (χ3v) is 5.71. The van der Waals surface area contributed by atoms with Crippen LogP contribution in [-0.2, 0) is 20.9 Å². The monoisotopic (exact) mass is 456 g/mol. The fraction of sp³-hybridized carbons (Fsp3) is 0.391. The number of carbonyl (C=O) groups excluding carboxylic acids is 2. The van der Waals surface area contributed by atoms with Gasteiger partial charge in [0.05, 0.1) is 6.61 Å². The SMILES string of the molecule is CCOC(=O)C(C#N)=c1sc(=CNc2cccc(N(C)C(=O)C(C)(C)C)c2)c(=O)n1CC. The van der Waals surface area contributed by atoms with Gasteiger partial charge < -0.3 is 15.0 Å². The first-order chi connectivity index (χ1) is 15.0. The molecule has 0 bridgehead atoms. The molecular weight excluding hydrogens is 428 g/mol. The highest BCUT2D eigenvalue weighted by atomic mass is 32.1. The van der Waals surface area contributed by atoms with Crippen LogP contribution in [0.3, 0.4) is 0 Å². The minimum atomic E-state index is -0.753. The van der Waals surface area contributed by atoms with Crippen LogP contribution in [0.15, 0.2) is 29.1 Å². The lowest BCUT2D eigenvalue weighted by molar-refractivity contribution is -0.136. The molecule has 0 aliphatic carbocycles. The second-order valence-corrected chi connectivity index (χ2v) is 9.01. The number of nitrogens with zero attached hydrogens (tertiary/aromatic N) is 3. The molecule has 0 spiro atoms. The number of amides is 1. The van der Waals surface area contributed by atoms with Gasteiger partial charge >= 0.3 is 5.97 Å². The number of esters is 1. The van der Waals surface area contributed by atoms with Crippen LogP contribution in [0.2, 0.25) is 0 Å². The molecule has 2 aromatic rings. The van der Waals surface area contributed by atoms with Gasteiger partial charge in [-0.3, -0.25) is 14.2 Å². The van der Waals surface area contributed by atoms with Crippen molar-refractivity contribution in [3.63, 3.8) is 0 Å². The Labute approximate surface area is 191 Å².